The molecule has 0 aromatic carbocycles. The summed E-state index contributed by atoms with van der Waals surface area (Å²) in [7, 11) is 0. The SMILES string of the molecule is C[C@@H]1CCCC[C@H]1NC(=O)COC(=O)c1ccc(Cl)s1. The monoisotopic (exact) mass is 315 g/mol. The molecule has 0 unspecified atom stereocenters. The van der Waals surface area contributed by atoms with Gasteiger partial charge in [0.2, 0.25) is 0 Å². The molecule has 0 bridgehead atoms. The first-order valence-electron chi connectivity index (χ1n) is 6.78. The zero-order chi connectivity index (χ0) is 14.5. The number of esters is 1. The van der Waals surface area contributed by atoms with Crippen LogP contribution in [-0.2, 0) is 9.53 Å². The van der Waals surface area contributed by atoms with Crippen molar-refractivity contribution in [2.24, 2.45) is 5.92 Å². The van der Waals surface area contributed by atoms with Crippen molar-refractivity contribution in [2.45, 2.75) is 38.6 Å². The summed E-state index contributed by atoms with van der Waals surface area (Å²) in [6.07, 6.45) is 4.50. The van der Waals surface area contributed by atoms with Crippen LogP contribution in [0.4, 0.5) is 0 Å². The Morgan fingerprint density at radius 3 is 2.80 bits per heavy atom. The lowest BCUT2D eigenvalue weighted by atomic mass is 9.86. The lowest BCUT2D eigenvalue weighted by Gasteiger charge is -2.29. The minimum atomic E-state index is -0.506. The maximum atomic E-state index is 11.8. The Balaban J connectivity index is 1.76. The lowest BCUT2D eigenvalue weighted by molar-refractivity contribution is -0.125. The number of rotatable bonds is 4. The number of halogens is 1. The zero-order valence-electron chi connectivity index (χ0n) is 11.4. The summed E-state index contributed by atoms with van der Waals surface area (Å²) >= 11 is 6.89. The molecule has 1 heterocycles. The third-order valence-corrected chi connectivity index (χ3v) is 4.78. The van der Waals surface area contributed by atoms with Crippen LogP contribution in [0, 0.1) is 5.92 Å². The van der Waals surface area contributed by atoms with Crippen LogP contribution in [0.5, 0.6) is 0 Å². The maximum Gasteiger partial charge on any atom is 0.348 e. The molecule has 2 atom stereocenters. The Morgan fingerprint density at radius 1 is 1.40 bits per heavy atom. The summed E-state index contributed by atoms with van der Waals surface area (Å²) in [6, 6.07) is 3.43. The first-order valence-corrected chi connectivity index (χ1v) is 7.97. The summed E-state index contributed by atoms with van der Waals surface area (Å²) in [4.78, 5) is 23.9. The van der Waals surface area contributed by atoms with Crippen LogP contribution >= 0.6 is 22.9 Å². The third-order valence-electron chi connectivity index (χ3n) is 3.57. The highest BCUT2D eigenvalue weighted by Crippen LogP contribution is 2.24. The van der Waals surface area contributed by atoms with Crippen LogP contribution in [0.15, 0.2) is 12.1 Å². The lowest BCUT2D eigenvalue weighted by Crippen LogP contribution is -2.42. The molecule has 2 rings (SSSR count). The number of amides is 1. The maximum absolute atomic E-state index is 11.8. The van der Waals surface area contributed by atoms with Crippen molar-refractivity contribution in [2.75, 3.05) is 6.61 Å². The molecular formula is C14H18ClNO3S. The van der Waals surface area contributed by atoms with Crippen molar-refractivity contribution in [3.63, 3.8) is 0 Å². The van der Waals surface area contributed by atoms with E-state index in [1.54, 1.807) is 12.1 Å². The number of hydrogen-bond donors (Lipinski definition) is 1. The number of nitrogens with one attached hydrogen (secondary N) is 1. The van der Waals surface area contributed by atoms with Gasteiger partial charge in [-0.05, 0) is 30.9 Å². The van der Waals surface area contributed by atoms with Crippen molar-refractivity contribution < 1.29 is 14.3 Å². The molecule has 1 N–H and O–H groups in total. The molecule has 0 aliphatic heterocycles. The Morgan fingerprint density at radius 2 is 2.15 bits per heavy atom. The molecule has 4 nitrogen and oxygen atoms in total. The predicted molar refractivity (Wildman–Crippen MR) is 79.2 cm³/mol. The summed E-state index contributed by atoms with van der Waals surface area (Å²) in [5, 5.41) is 2.94. The van der Waals surface area contributed by atoms with Gasteiger partial charge in [-0.25, -0.2) is 4.79 Å². The van der Waals surface area contributed by atoms with E-state index in [1.807, 2.05) is 0 Å². The van der Waals surface area contributed by atoms with Crippen LogP contribution in [0.2, 0.25) is 4.34 Å². The van der Waals surface area contributed by atoms with Gasteiger partial charge in [-0.15, -0.1) is 11.3 Å². The molecular weight excluding hydrogens is 298 g/mol. The van der Waals surface area contributed by atoms with Gasteiger partial charge in [-0.2, -0.15) is 0 Å². The molecule has 1 saturated carbocycles. The molecule has 1 aromatic rings. The summed E-state index contributed by atoms with van der Waals surface area (Å²) in [5.41, 5.74) is 0. The zero-order valence-corrected chi connectivity index (χ0v) is 12.9. The van der Waals surface area contributed by atoms with Gasteiger partial charge >= 0.3 is 5.97 Å². The van der Waals surface area contributed by atoms with Gasteiger partial charge in [-0.1, -0.05) is 31.4 Å². The van der Waals surface area contributed by atoms with E-state index in [9.17, 15) is 9.59 Å². The Hall–Kier alpha value is -1.07. The number of carbonyl (C=O) groups is 2. The van der Waals surface area contributed by atoms with E-state index in [-0.39, 0.29) is 18.6 Å². The molecule has 1 amide bonds. The number of thiophene rings is 1. The van der Waals surface area contributed by atoms with Crippen LogP contribution in [0.1, 0.15) is 42.3 Å². The average molecular weight is 316 g/mol. The molecule has 110 valence electrons. The van der Waals surface area contributed by atoms with E-state index >= 15 is 0 Å². The molecule has 1 aliphatic carbocycles. The van der Waals surface area contributed by atoms with Crippen LogP contribution in [0.25, 0.3) is 0 Å². The highest BCUT2D eigenvalue weighted by atomic mass is 35.5. The first-order chi connectivity index (χ1) is 9.56. The molecule has 1 aliphatic rings. The quantitative estimate of drug-likeness (QED) is 0.868. The summed E-state index contributed by atoms with van der Waals surface area (Å²) in [6.45, 7) is 1.90. The molecule has 1 aromatic heterocycles. The van der Waals surface area contributed by atoms with Crippen LogP contribution in [-0.4, -0.2) is 24.5 Å². The van der Waals surface area contributed by atoms with Crippen molar-refractivity contribution in [3.8, 4) is 0 Å². The van der Waals surface area contributed by atoms with Crippen molar-refractivity contribution >= 4 is 34.8 Å². The number of hydrogen-bond acceptors (Lipinski definition) is 4. The second-order valence-corrected chi connectivity index (χ2v) is 6.83. The van der Waals surface area contributed by atoms with E-state index in [1.165, 1.54) is 6.42 Å². The number of ether oxygens (including phenoxy) is 1. The van der Waals surface area contributed by atoms with Gasteiger partial charge < -0.3 is 10.1 Å². The van der Waals surface area contributed by atoms with Crippen LogP contribution in [0.3, 0.4) is 0 Å². The predicted octanol–water partition coefficient (Wildman–Crippen LogP) is 3.25. The summed E-state index contributed by atoms with van der Waals surface area (Å²) < 4.78 is 5.51. The van der Waals surface area contributed by atoms with E-state index in [0.717, 1.165) is 30.6 Å². The van der Waals surface area contributed by atoms with Crippen molar-refractivity contribution in [1.82, 2.24) is 5.32 Å². The minimum Gasteiger partial charge on any atom is -0.451 e. The average Bonchev–Trinajstić information content (AvgIpc) is 2.85. The van der Waals surface area contributed by atoms with E-state index in [4.69, 9.17) is 16.3 Å². The van der Waals surface area contributed by atoms with E-state index < -0.39 is 5.97 Å². The molecule has 1 fully saturated rings. The van der Waals surface area contributed by atoms with E-state index in [2.05, 4.69) is 12.2 Å². The van der Waals surface area contributed by atoms with Gasteiger partial charge in [0.25, 0.3) is 5.91 Å². The Kier molecular flexibility index (Phi) is 5.43. The smallest absolute Gasteiger partial charge is 0.348 e. The fourth-order valence-corrected chi connectivity index (χ4v) is 3.34. The Labute approximate surface area is 127 Å². The first kappa shape index (κ1) is 15.3. The molecule has 0 spiro atoms. The Bertz CT molecular complexity index is 489. The van der Waals surface area contributed by atoms with Gasteiger partial charge in [0.05, 0.1) is 4.34 Å². The third kappa shape index (κ3) is 4.21. The second kappa shape index (κ2) is 7.09. The van der Waals surface area contributed by atoms with Crippen LogP contribution < -0.4 is 5.32 Å². The normalized spacial score (nSPS) is 22.3. The van der Waals surface area contributed by atoms with Crippen molar-refractivity contribution in [1.29, 1.82) is 0 Å². The highest BCUT2D eigenvalue weighted by Gasteiger charge is 2.23. The molecule has 20 heavy (non-hydrogen) atoms. The van der Waals surface area contributed by atoms with Gasteiger partial charge in [-0.3, -0.25) is 4.79 Å². The second-order valence-electron chi connectivity index (χ2n) is 5.12. The largest absolute Gasteiger partial charge is 0.451 e. The van der Waals surface area contributed by atoms with Gasteiger partial charge in [0, 0.05) is 6.04 Å². The van der Waals surface area contributed by atoms with Gasteiger partial charge in [0.15, 0.2) is 6.61 Å². The van der Waals surface area contributed by atoms with Gasteiger partial charge in [0.1, 0.15) is 4.88 Å². The minimum absolute atomic E-state index is 0.200. The number of carbonyl (C=O) groups excluding carboxylic acids is 2. The standard InChI is InChI=1S/C14H18ClNO3S/c1-9-4-2-3-5-10(9)16-13(17)8-19-14(18)11-6-7-12(15)20-11/h6-7,9-10H,2-5,8H2,1H3,(H,16,17)/t9-,10-/m1/s1. The highest BCUT2D eigenvalue weighted by molar-refractivity contribution is 7.17. The summed E-state index contributed by atoms with van der Waals surface area (Å²) in [5.74, 6) is -0.256. The molecule has 6 heteroatoms. The fraction of sp³-hybridized carbons (Fsp3) is 0.571. The molecule has 0 saturated heterocycles. The van der Waals surface area contributed by atoms with E-state index in [0.29, 0.717) is 15.1 Å². The molecule has 0 radical (unpaired) electrons. The van der Waals surface area contributed by atoms with Crippen molar-refractivity contribution in [3.05, 3.63) is 21.3 Å². The fourth-order valence-electron chi connectivity index (χ4n) is 2.41. The topological polar surface area (TPSA) is 55.4 Å².